The molecule has 5 heteroatoms. The van der Waals surface area contributed by atoms with Gasteiger partial charge in [-0.05, 0) is 36.9 Å². The van der Waals surface area contributed by atoms with Crippen LogP contribution in [0.2, 0.25) is 0 Å². The van der Waals surface area contributed by atoms with Crippen molar-refractivity contribution in [1.82, 2.24) is 14.8 Å². The van der Waals surface area contributed by atoms with Crippen LogP contribution in [0.1, 0.15) is 35.8 Å². The Morgan fingerprint density at radius 1 is 1.14 bits per heavy atom. The summed E-state index contributed by atoms with van der Waals surface area (Å²) in [5.74, 6) is 0.784. The van der Waals surface area contributed by atoms with Gasteiger partial charge in [-0.15, -0.1) is 0 Å². The second-order valence-electron chi connectivity index (χ2n) is 6.89. The Balaban J connectivity index is 1.83. The van der Waals surface area contributed by atoms with Gasteiger partial charge < -0.3 is 14.6 Å². The molecule has 0 saturated heterocycles. The fraction of sp³-hybridized carbons (Fsp3) is 0.348. The predicted molar refractivity (Wildman–Crippen MR) is 114 cm³/mol. The second-order valence-corrected chi connectivity index (χ2v) is 6.89. The van der Waals surface area contributed by atoms with Crippen LogP contribution >= 0.6 is 0 Å². The predicted octanol–water partition coefficient (Wildman–Crippen LogP) is 4.00. The number of nitrogens with one attached hydrogen (secondary N) is 1. The van der Waals surface area contributed by atoms with Gasteiger partial charge in [0.15, 0.2) is 0 Å². The monoisotopic (exact) mass is 379 g/mol. The van der Waals surface area contributed by atoms with Crippen molar-refractivity contribution in [3.63, 3.8) is 0 Å². The molecule has 1 heterocycles. The lowest BCUT2D eigenvalue weighted by atomic mass is 10.0. The van der Waals surface area contributed by atoms with E-state index in [-0.39, 0.29) is 11.9 Å². The number of hydrogen-bond donors (Lipinski definition) is 1. The number of amides is 1. The lowest BCUT2D eigenvalue weighted by Crippen LogP contribution is -2.38. The van der Waals surface area contributed by atoms with E-state index in [0.29, 0.717) is 12.1 Å². The van der Waals surface area contributed by atoms with Crippen molar-refractivity contribution >= 4 is 16.8 Å². The van der Waals surface area contributed by atoms with E-state index in [1.165, 1.54) is 0 Å². The molecule has 2 aromatic carbocycles. The molecule has 0 bridgehead atoms. The molecule has 0 fully saturated rings. The largest absolute Gasteiger partial charge is 0.497 e. The Kier molecular flexibility index (Phi) is 6.37. The molecule has 1 N–H and O–H groups in total. The maximum atomic E-state index is 13.0. The average Bonchev–Trinajstić information content (AvgIpc) is 3.08. The third-order valence-electron chi connectivity index (χ3n) is 5.33. The topological polar surface area (TPSA) is 46.5 Å². The van der Waals surface area contributed by atoms with E-state index in [0.717, 1.165) is 35.3 Å². The molecule has 0 aliphatic rings. The molecule has 1 aromatic heterocycles. The summed E-state index contributed by atoms with van der Waals surface area (Å²) in [7, 11) is 3.64. The van der Waals surface area contributed by atoms with Gasteiger partial charge in [-0.3, -0.25) is 9.69 Å². The molecule has 1 amide bonds. The first-order chi connectivity index (χ1) is 13.6. The smallest absolute Gasteiger partial charge is 0.253 e. The van der Waals surface area contributed by atoms with E-state index < -0.39 is 0 Å². The molecule has 28 heavy (non-hydrogen) atoms. The number of hydrogen-bond acceptors (Lipinski definition) is 3. The zero-order valence-corrected chi connectivity index (χ0v) is 17.1. The minimum Gasteiger partial charge on any atom is -0.497 e. The fourth-order valence-electron chi connectivity index (χ4n) is 3.78. The summed E-state index contributed by atoms with van der Waals surface area (Å²) in [6, 6.07) is 16.1. The van der Waals surface area contributed by atoms with Gasteiger partial charge in [-0.1, -0.05) is 44.2 Å². The van der Waals surface area contributed by atoms with Crippen molar-refractivity contribution in [2.75, 3.05) is 26.7 Å². The highest BCUT2D eigenvalue weighted by molar-refractivity contribution is 6.06. The molecule has 148 valence electrons. The summed E-state index contributed by atoms with van der Waals surface area (Å²) >= 11 is 0. The molecular formula is C23H29N3O2. The van der Waals surface area contributed by atoms with Gasteiger partial charge in [0.25, 0.3) is 5.91 Å². The average molecular weight is 380 g/mol. The van der Waals surface area contributed by atoms with Gasteiger partial charge in [0.05, 0.1) is 18.7 Å². The third-order valence-corrected chi connectivity index (χ3v) is 5.33. The molecule has 1 unspecified atom stereocenters. The van der Waals surface area contributed by atoms with Crippen LogP contribution in [0, 0.1) is 0 Å². The highest BCUT2D eigenvalue weighted by Gasteiger charge is 2.21. The molecule has 0 saturated carbocycles. The van der Waals surface area contributed by atoms with Crippen LogP contribution in [0.15, 0.2) is 54.7 Å². The van der Waals surface area contributed by atoms with Crippen molar-refractivity contribution < 1.29 is 9.53 Å². The summed E-state index contributed by atoms with van der Waals surface area (Å²) in [5, 5.41) is 4.13. The molecule has 0 spiro atoms. The highest BCUT2D eigenvalue weighted by Crippen LogP contribution is 2.25. The standard InChI is InChI=1S/C23H29N3O2/c1-5-26(6-2)22(17-10-9-11-18(14-17)28-4)15-24-23(27)20-16-25(3)21-13-8-7-12-19(20)21/h7-14,16,22H,5-6,15H2,1-4H3,(H,24,27). The number of aryl methyl sites for hydroxylation is 1. The van der Waals surface area contributed by atoms with Crippen molar-refractivity contribution in [2.24, 2.45) is 7.05 Å². The Hall–Kier alpha value is -2.79. The number of ether oxygens (including phenoxy) is 1. The van der Waals surface area contributed by atoms with Crippen LogP contribution in [-0.4, -0.2) is 42.1 Å². The summed E-state index contributed by atoms with van der Waals surface area (Å²) in [5.41, 5.74) is 2.91. The minimum atomic E-state index is -0.0446. The first-order valence-electron chi connectivity index (χ1n) is 9.79. The van der Waals surface area contributed by atoms with Gasteiger partial charge in [0.1, 0.15) is 5.75 Å². The van der Waals surface area contributed by atoms with Gasteiger partial charge in [-0.25, -0.2) is 0 Å². The summed E-state index contributed by atoms with van der Waals surface area (Å²) in [6.07, 6.45) is 1.90. The first-order valence-corrected chi connectivity index (χ1v) is 9.79. The normalized spacial score (nSPS) is 12.3. The second kappa shape index (κ2) is 8.93. The first kappa shape index (κ1) is 20.0. The third kappa shape index (κ3) is 4.04. The van der Waals surface area contributed by atoms with E-state index in [2.05, 4.69) is 30.1 Å². The highest BCUT2D eigenvalue weighted by atomic mass is 16.5. The quantitative estimate of drug-likeness (QED) is 0.643. The summed E-state index contributed by atoms with van der Waals surface area (Å²) in [6.45, 7) is 6.63. The lowest BCUT2D eigenvalue weighted by Gasteiger charge is -2.30. The minimum absolute atomic E-state index is 0.0446. The SMILES string of the molecule is CCN(CC)C(CNC(=O)c1cn(C)c2ccccc12)c1cccc(OC)c1. The van der Waals surface area contributed by atoms with E-state index in [4.69, 9.17) is 4.74 Å². The number of para-hydroxylation sites is 1. The zero-order valence-electron chi connectivity index (χ0n) is 17.1. The Morgan fingerprint density at radius 3 is 2.61 bits per heavy atom. The molecule has 5 nitrogen and oxygen atoms in total. The van der Waals surface area contributed by atoms with Crippen molar-refractivity contribution in [3.8, 4) is 5.75 Å². The number of nitrogens with zero attached hydrogens (tertiary/aromatic N) is 2. The van der Waals surface area contributed by atoms with Crippen molar-refractivity contribution in [1.29, 1.82) is 0 Å². The van der Waals surface area contributed by atoms with Gasteiger partial charge in [-0.2, -0.15) is 0 Å². The Morgan fingerprint density at radius 2 is 1.89 bits per heavy atom. The zero-order chi connectivity index (χ0) is 20.1. The van der Waals surface area contributed by atoms with E-state index in [9.17, 15) is 4.79 Å². The van der Waals surface area contributed by atoms with Crippen LogP contribution < -0.4 is 10.1 Å². The summed E-state index contributed by atoms with van der Waals surface area (Å²) < 4.78 is 7.38. The van der Waals surface area contributed by atoms with Crippen LogP contribution in [0.5, 0.6) is 5.75 Å². The Labute approximate surface area is 166 Å². The number of benzene rings is 2. The number of carbonyl (C=O) groups is 1. The van der Waals surface area contributed by atoms with E-state index >= 15 is 0 Å². The molecule has 1 atom stereocenters. The molecular weight excluding hydrogens is 350 g/mol. The maximum Gasteiger partial charge on any atom is 0.253 e. The number of fused-ring (bicyclic) bond motifs is 1. The molecule has 3 aromatic rings. The number of likely N-dealkylation sites (N-methyl/N-ethyl adjacent to an activating group) is 1. The number of carbonyl (C=O) groups excluding carboxylic acids is 1. The van der Waals surface area contributed by atoms with Crippen LogP contribution in [0.4, 0.5) is 0 Å². The van der Waals surface area contributed by atoms with Gasteiger partial charge in [0.2, 0.25) is 0 Å². The van der Waals surface area contributed by atoms with Crippen molar-refractivity contribution in [2.45, 2.75) is 19.9 Å². The van der Waals surface area contributed by atoms with Crippen molar-refractivity contribution in [3.05, 3.63) is 65.9 Å². The Bertz CT molecular complexity index is 944. The molecule has 0 aliphatic carbocycles. The van der Waals surface area contributed by atoms with Gasteiger partial charge >= 0.3 is 0 Å². The summed E-state index contributed by atoms with van der Waals surface area (Å²) in [4.78, 5) is 15.3. The molecule has 0 radical (unpaired) electrons. The fourth-order valence-corrected chi connectivity index (χ4v) is 3.78. The molecule has 3 rings (SSSR count). The molecule has 0 aliphatic heterocycles. The lowest BCUT2D eigenvalue weighted by molar-refractivity contribution is 0.0936. The van der Waals surface area contributed by atoms with Crippen LogP contribution in [0.25, 0.3) is 10.9 Å². The van der Waals surface area contributed by atoms with E-state index in [1.807, 2.05) is 60.3 Å². The van der Waals surface area contributed by atoms with Gasteiger partial charge in [0, 0.05) is 30.7 Å². The van der Waals surface area contributed by atoms with E-state index in [1.54, 1.807) is 7.11 Å². The van der Waals surface area contributed by atoms with Crippen LogP contribution in [0.3, 0.4) is 0 Å². The maximum absolute atomic E-state index is 13.0. The number of rotatable bonds is 8. The number of aromatic nitrogens is 1. The number of methoxy groups -OCH3 is 1. The van der Waals surface area contributed by atoms with Crippen LogP contribution in [-0.2, 0) is 7.05 Å².